The predicted molar refractivity (Wildman–Crippen MR) is 73.1 cm³/mol. The molecule has 0 bridgehead atoms. The molecule has 1 aromatic rings. The third-order valence-corrected chi connectivity index (χ3v) is 4.65. The van der Waals surface area contributed by atoms with Gasteiger partial charge in [-0.15, -0.1) is 11.3 Å². The van der Waals surface area contributed by atoms with Crippen LogP contribution in [0.2, 0.25) is 0 Å². The quantitative estimate of drug-likeness (QED) is 0.876. The zero-order chi connectivity index (χ0) is 12.3. The largest absolute Gasteiger partial charge is 0.330 e. The van der Waals surface area contributed by atoms with E-state index in [1.54, 1.807) is 11.3 Å². The van der Waals surface area contributed by atoms with Crippen LogP contribution in [0.3, 0.4) is 0 Å². The summed E-state index contributed by atoms with van der Waals surface area (Å²) < 4.78 is 0. The Morgan fingerprint density at radius 1 is 1.53 bits per heavy atom. The molecule has 1 heterocycles. The SMILES string of the molecule is CCN(Cc1csc(C)n1)C1CCCC1CN. The second kappa shape index (κ2) is 5.94. The van der Waals surface area contributed by atoms with E-state index in [4.69, 9.17) is 5.73 Å². The highest BCUT2D eigenvalue weighted by molar-refractivity contribution is 7.09. The molecule has 1 saturated carbocycles. The monoisotopic (exact) mass is 253 g/mol. The first-order valence-electron chi connectivity index (χ1n) is 6.59. The van der Waals surface area contributed by atoms with Gasteiger partial charge >= 0.3 is 0 Å². The molecule has 2 N–H and O–H groups in total. The van der Waals surface area contributed by atoms with Crippen molar-refractivity contribution in [1.82, 2.24) is 9.88 Å². The van der Waals surface area contributed by atoms with Crippen LogP contribution in [0.25, 0.3) is 0 Å². The number of nitrogens with two attached hydrogens (primary N) is 1. The molecular weight excluding hydrogens is 230 g/mol. The lowest BCUT2D eigenvalue weighted by atomic mass is 10.0. The first-order valence-corrected chi connectivity index (χ1v) is 7.47. The summed E-state index contributed by atoms with van der Waals surface area (Å²) in [7, 11) is 0. The van der Waals surface area contributed by atoms with E-state index in [1.807, 2.05) is 0 Å². The third-order valence-electron chi connectivity index (χ3n) is 3.83. The van der Waals surface area contributed by atoms with Crippen LogP contribution >= 0.6 is 11.3 Å². The zero-order valence-corrected chi connectivity index (χ0v) is 11.7. The molecule has 3 nitrogen and oxygen atoms in total. The van der Waals surface area contributed by atoms with E-state index in [9.17, 15) is 0 Å². The standard InChI is InChI=1S/C13H23N3S/c1-3-16(8-12-9-17-10(2)15-12)13-6-4-5-11(13)7-14/h9,11,13H,3-8,14H2,1-2H3. The van der Waals surface area contributed by atoms with Gasteiger partial charge in [-0.1, -0.05) is 13.3 Å². The number of hydrogen-bond acceptors (Lipinski definition) is 4. The number of aryl methyl sites for hydroxylation is 1. The van der Waals surface area contributed by atoms with Crippen molar-refractivity contribution in [3.05, 3.63) is 16.1 Å². The molecule has 0 amide bonds. The van der Waals surface area contributed by atoms with Crippen molar-refractivity contribution < 1.29 is 0 Å². The molecular formula is C13H23N3S. The maximum absolute atomic E-state index is 5.87. The van der Waals surface area contributed by atoms with Crippen LogP contribution in [0, 0.1) is 12.8 Å². The average molecular weight is 253 g/mol. The van der Waals surface area contributed by atoms with Gasteiger partial charge in [0.15, 0.2) is 0 Å². The van der Waals surface area contributed by atoms with Crippen molar-refractivity contribution in [1.29, 1.82) is 0 Å². The van der Waals surface area contributed by atoms with Gasteiger partial charge in [0.2, 0.25) is 0 Å². The van der Waals surface area contributed by atoms with Gasteiger partial charge in [0.05, 0.1) is 10.7 Å². The van der Waals surface area contributed by atoms with Crippen LogP contribution < -0.4 is 5.73 Å². The Kier molecular flexibility index (Phi) is 4.54. The van der Waals surface area contributed by atoms with Gasteiger partial charge in [0.25, 0.3) is 0 Å². The minimum atomic E-state index is 0.673. The normalized spacial score (nSPS) is 24.7. The number of hydrogen-bond donors (Lipinski definition) is 1. The Bertz CT molecular complexity index is 350. The van der Waals surface area contributed by atoms with Gasteiger partial charge in [-0.05, 0) is 38.8 Å². The topological polar surface area (TPSA) is 42.2 Å². The lowest BCUT2D eigenvalue weighted by Gasteiger charge is -2.31. The first kappa shape index (κ1) is 13.0. The Hall–Kier alpha value is -0.450. The van der Waals surface area contributed by atoms with Crippen LogP contribution in [0.5, 0.6) is 0 Å². The van der Waals surface area contributed by atoms with Gasteiger partial charge in [-0.2, -0.15) is 0 Å². The van der Waals surface area contributed by atoms with Crippen molar-refractivity contribution in [2.24, 2.45) is 11.7 Å². The summed E-state index contributed by atoms with van der Waals surface area (Å²) in [5.74, 6) is 0.690. The van der Waals surface area contributed by atoms with E-state index in [1.165, 1.54) is 25.0 Å². The zero-order valence-electron chi connectivity index (χ0n) is 10.9. The summed E-state index contributed by atoms with van der Waals surface area (Å²) in [5.41, 5.74) is 7.09. The van der Waals surface area contributed by atoms with Crippen molar-refractivity contribution in [3.63, 3.8) is 0 Å². The Morgan fingerprint density at radius 3 is 2.94 bits per heavy atom. The number of aromatic nitrogens is 1. The van der Waals surface area contributed by atoms with Crippen molar-refractivity contribution in [2.45, 2.75) is 45.7 Å². The summed E-state index contributed by atoms with van der Waals surface area (Å²) in [6.45, 7) is 7.23. The fourth-order valence-electron chi connectivity index (χ4n) is 2.93. The number of nitrogens with zero attached hydrogens (tertiary/aromatic N) is 2. The van der Waals surface area contributed by atoms with Crippen LogP contribution in [-0.2, 0) is 6.54 Å². The van der Waals surface area contributed by atoms with Gasteiger partial charge in [-0.3, -0.25) is 4.90 Å². The van der Waals surface area contributed by atoms with Crippen molar-refractivity contribution >= 4 is 11.3 Å². The molecule has 1 fully saturated rings. The Morgan fingerprint density at radius 2 is 2.35 bits per heavy atom. The van der Waals surface area contributed by atoms with Crippen LogP contribution in [-0.4, -0.2) is 29.0 Å². The molecule has 1 aromatic heterocycles. The summed E-state index contributed by atoms with van der Waals surface area (Å²) in [6.07, 6.45) is 3.94. The fraction of sp³-hybridized carbons (Fsp3) is 0.769. The summed E-state index contributed by atoms with van der Waals surface area (Å²) in [5, 5.41) is 3.35. The molecule has 96 valence electrons. The highest BCUT2D eigenvalue weighted by Gasteiger charge is 2.30. The summed E-state index contributed by atoms with van der Waals surface area (Å²) in [6, 6.07) is 0.673. The van der Waals surface area contributed by atoms with Crippen LogP contribution in [0.1, 0.15) is 36.9 Å². The molecule has 0 aromatic carbocycles. The molecule has 2 atom stereocenters. The van der Waals surface area contributed by atoms with Crippen LogP contribution in [0.4, 0.5) is 0 Å². The molecule has 17 heavy (non-hydrogen) atoms. The third kappa shape index (κ3) is 3.06. The summed E-state index contributed by atoms with van der Waals surface area (Å²) >= 11 is 1.74. The van der Waals surface area contributed by atoms with E-state index < -0.39 is 0 Å². The molecule has 2 unspecified atom stereocenters. The lowest BCUT2D eigenvalue weighted by Crippen LogP contribution is -2.39. The molecule has 1 aliphatic rings. The minimum Gasteiger partial charge on any atom is -0.330 e. The second-order valence-electron chi connectivity index (χ2n) is 4.91. The number of rotatable bonds is 5. The molecule has 0 aliphatic heterocycles. The van der Waals surface area contributed by atoms with Crippen LogP contribution in [0.15, 0.2) is 5.38 Å². The van der Waals surface area contributed by atoms with Crippen molar-refractivity contribution in [3.8, 4) is 0 Å². The molecule has 4 heteroatoms. The Labute approximate surface area is 108 Å². The second-order valence-corrected chi connectivity index (χ2v) is 5.98. The summed E-state index contributed by atoms with van der Waals surface area (Å²) in [4.78, 5) is 7.12. The highest BCUT2D eigenvalue weighted by atomic mass is 32.1. The minimum absolute atomic E-state index is 0.673. The van der Waals surface area contributed by atoms with Gasteiger partial charge in [0, 0.05) is 18.0 Å². The molecule has 0 radical (unpaired) electrons. The van der Waals surface area contributed by atoms with E-state index in [-0.39, 0.29) is 0 Å². The van der Waals surface area contributed by atoms with E-state index in [0.29, 0.717) is 12.0 Å². The highest BCUT2D eigenvalue weighted by Crippen LogP contribution is 2.30. The maximum atomic E-state index is 5.87. The molecule has 0 spiro atoms. The van der Waals surface area contributed by atoms with Crippen molar-refractivity contribution in [2.75, 3.05) is 13.1 Å². The van der Waals surface area contributed by atoms with E-state index >= 15 is 0 Å². The van der Waals surface area contributed by atoms with Gasteiger partial charge < -0.3 is 5.73 Å². The predicted octanol–water partition coefficient (Wildman–Crippen LogP) is 2.40. The Balaban J connectivity index is 2.00. The fourth-order valence-corrected chi connectivity index (χ4v) is 3.53. The van der Waals surface area contributed by atoms with Gasteiger partial charge in [-0.25, -0.2) is 4.98 Å². The molecule has 0 saturated heterocycles. The van der Waals surface area contributed by atoms with E-state index in [2.05, 4.69) is 29.1 Å². The number of thiazole rings is 1. The maximum Gasteiger partial charge on any atom is 0.0897 e. The van der Waals surface area contributed by atoms with E-state index in [0.717, 1.165) is 24.6 Å². The van der Waals surface area contributed by atoms with Gasteiger partial charge in [0.1, 0.15) is 0 Å². The first-order chi connectivity index (χ1) is 8.24. The molecule has 1 aliphatic carbocycles. The smallest absolute Gasteiger partial charge is 0.0897 e. The lowest BCUT2D eigenvalue weighted by molar-refractivity contribution is 0.160. The average Bonchev–Trinajstić information content (AvgIpc) is 2.94. The molecule has 2 rings (SSSR count).